The molecule has 0 saturated carbocycles. The highest BCUT2D eigenvalue weighted by Gasteiger charge is 2.21. The number of hydrogen-bond donors (Lipinski definition) is 1. The summed E-state index contributed by atoms with van der Waals surface area (Å²) >= 11 is 0. The normalized spacial score (nSPS) is 14.6. The molecule has 0 heterocycles. The molecule has 2 heteroatoms. The van der Waals surface area contributed by atoms with Crippen molar-refractivity contribution >= 4 is 0 Å². The van der Waals surface area contributed by atoms with Gasteiger partial charge >= 0.3 is 0 Å². The fourth-order valence-electron chi connectivity index (χ4n) is 2.93. The summed E-state index contributed by atoms with van der Waals surface area (Å²) in [6.45, 7) is 14.9. The Bertz CT molecular complexity index is 361. The average Bonchev–Trinajstić information content (AvgIpc) is 2.48. The monoisotopic (exact) mass is 290 g/mol. The molecule has 120 valence electrons. The Morgan fingerprint density at radius 2 is 1.67 bits per heavy atom. The number of nitrogens with zero attached hydrogens (tertiary/aromatic N) is 1. The highest BCUT2D eigenvalue weighted by atomic mass is 15.1. The molecule has 0 spiro atoms. The predicted molar refractivity (Wildman–Crippen MR) is 93.6 cm³/mol. The van der Waals surface area contributed by atoms with Crippen LogP contribution >= 0.6 is 0 Å². The van der Waals surface area contributed by atoms with Crippen LogP contribution in [0.3, 0.4) is 0 Å². The smallest absolute Gasteiger partial charge is 0.0358 e. The summed E-state index contributed by atoms with van der Waals surface area (Å²) in [4.78, 5) is 2.61. The molecule has 0 saturated heterocycles. The van der Waals surface area contributed by atoms with E-state index >= 15 is 0 Å². The van der Waals surface area contributed by atoms with E-state index in [-0.39, 0.29) is 0 Å². The van der Waals surface area contributed by atoms with Gasteiger partial charge in [-0.05, 0) is 51.3 Å². The first-order chi connectivity index (χ1) is 10.1. The lowest BCUT2D eigenvalue weighted by molar-refractivity contribution is 0.173. The Morgan fingerprint density at radius 1 is 1.00 bits per heavy atom. The SMILES string of the molecule is CCCNC(c1ccccc1)C(C)CN(CCC)C(C)C. The van der Waals surface area contributed by atoms with E-state index in [1.54, 1.807) is 0 Å². The third-order valence-corrected chi connectivity index (χ3v) is 4.11. The summed E-state index contributed by atoms with van der Waals surface area (Å²) in [5.41, 5.74) is 1.42. The lowest BCUT2D eigenvalue weighted by Crippen LogP contribution is -2.39. The fourth-order valence-corrected chi connectivity index (χ4v) is 2.93. The Balaban J connectivity index is 2.77. The van der Waals surface area contributed by atoms with E-state index in [1.807, 2.05) is 0 Å². The van der Waals surface area contributed by atoms with Crippen molar-refractivity contribution in [3.05, 3.63) is 35.9 Å². The summed E-state index contributed by atoms with van der Waals surface area (Å²) < 4.78 is 0. The maximum absolute atomic E-state index is 3.75. The van der Waals surface area contributed by atoms with Gasteiger partial charge in [0.1, 0.15) is 0 Å². The van der Waals surface area contributed by atoms with Crippen LogP contribution in [0.2, 0.25) is 0 Å². The van der Waals surface area contributed by atoms with E-state index in [9.17, 15) is 0 Å². The molecule has 1 N–H and O–H groups in total. The van der Waals surface area contributed by atoms with Gasteiger partial charge < -0.3 is 10.2 Å². The minimum Gasteiger partial charge on any atom is -0.310 e. The molecule has 0 amide bonds. The molecule has 21 heavy (non-hydrogen) atoms. The van der Waals surface area contributed by atoms with E-state index in [0.29, 0.717) is 18.0 Å². The van der Waals surface area contributed by atoms with E-state index in [0.717, 1.165) is 13.1 Å². The molecule has 0 bridgehead atoms. The van der Waals surface area contributed by atoms with Crippen molar-refractivity contribution in [1.82, 2.24) is 10.2 Å². The van der Waals surface area contributed by atoms with Crippen LogP contribution < -0.4 is 5.32 Å². The van der Waals surface area contributed by atoms with Gasteiger partial charge in [0.15, 0.2) is 0 Å². The van der Waals surface area contributed by atoms with Gasteiger partial charge in [-0.2, -0.15) is 0 Å². The van der Waals surface area contributed by atoms with Crippen LogP contribution in [0.4, 0.5) is 0 Å². The Labute approximate surface area is 131 Å². The van der Waals surface area contributed by atoms with Crippen LogP contribution in [0.15, 0.2) is 30.3 Å². The minimum atomic E-state index is 0.448. The number of benzene rings is 1. The quantitative estimate of drug-likeness (QED) is 0.683. The lowest BCUT2D eigenvalue weighted by atomic mass is 9.93. The van der Waals surface area contributed by atoms with Gasteiger partial charge in [-0.3, -0.25) is 0 Å². The molecule has 2 nitrogen and oxygen atoms in total. The summed E-state index contributed by atoms with van der Waals surface area (Å²) in [7, 11) is 0. The number of nitrogens with one attached hydrogen (secondary N) is 1. The highest BCUT2D eigenvalue weighted by Crippen LogP contribution is 2.23. The summed E-state index contributed by atoms with van der Waals surface area (Å²) in [5, 5.41) is 3.75. The first-order valence-electron chi connectivity index (χ1n) is 8.62. The molecule has 0 aromatic heterocycles. The molecular formula is C19H34N2. The van der Waals surface area contributed by atoms with Crippen molar-refractivity contribution < 1.29 is 0 Å². The highest BCUT2D eigenvalue weighted by molar-refractivity contribution is 5.19. The van der Waals surface area contributed by atoms with E-state index in [2.05, 4.69) is 75.2 Å². The summed E-state index contributed by atoms with van der Waals surface area (Å²) in [5.74, 6) is 0.605. The molecule has 0 radical (unpaired) electrons. The zero-order valence-electron chi connectivity index (χ0n) is 14.6. The Kier molecular flexibility index (Phi) is 8.63. The topological polar surface area (TPSA) is 15.3 Å². The largest absolute Gasteiger partial charge is 0.310 e. The van der Waals surface area contributed by atoms with Gasteiger partial charge in [-0.15, -0.1) is 0 Å². The van der Waals surface area contributed by atoms with Crippen LogP contribution in [0.5, 0.6) is 0 Å². The molecule has 1 aromatic carbocycles. The second-order valence-electron chi connectivity index (χ2n) is 6.41. The van der Waals surface area contributed by atoms with Crippen molar-refractivity contribution in [1.29, 1.82) is 0 Å². The fraction of sp³-hybridized carbons (Fsp3) is 0.684. The zero-order chi connectivity index (χ0) is 15.7. The maximum Gasteiger partial charge on any atom is 0.0358 e. The third-order valence-electron chi connectivity index (χ3n) is 4.11. The standard InChI is InChI=1S/C19H34N2/c1-6-13-20-19(18-11-9-8-10-12-18)17(5)15-21(14-7-2)16(3)4/h8-12,16-17,19-20H,6-7,13-15H2,1-5H3. The van der Waals surface area contributed by atoms with Crippen LogP contribution in [0, 0.1) is 5.92 Å². The molecule has 2 unspecified atom stereocenters. The Hall–Kier alpha value is -0.860. The van der Waals surface area contributed by atoms with Gasteiger partial charge in [0.25, 0.3) is 0 Å². The third kappa shape index (κ3) is 6.19. The van der Waals surface area contributed by atoms with Gasteiger partial charge in [0.2, 0.25) is 0 Å². The van der Waals surface area contributed by atoms with E-state index < -0.39 is 0 Å². The summed E-state index contributed by atoms with van der Waals surface area (Å²) in [6.07, 6.45) is 2.40. The lowest BCUT2D eigenvalue weighted by Gasteiger charge is -2.33. The van der Waals surface area contributed by atoms with Gasteiger partial charge in [0.05, 0.1) is 0 Å². The van der Waals surface area contributed by atoms with Gasteiger partial charge in [-0.1, -0.05) is 51.1 Å². The van der Waals surface area contributed by atoms with Crippen molar-refractivity contribution in [2.24, 2.45) is 5.92 Å². The van der Waals surface area contributed by atoms with E-state index in [4.69, 9.17) is 0 Å². The predicted octanol–water partition coefficient (Wildman–Crippen LogP) is 4.48. The van der Waals surface area contributed by atoms with Gasteiger partial charge in [-0.25, -0.2) is 0 Å². The number of hydrogen-bond acceptors (Lipinski definition) is 2. The van der Waals surface area contributed by atoms with Crippen molar-refractivity contribution in [3.8, 4) is 0 Å². The van der Waals surface area contributed by atoms with Crippen molar-refractivity contribution in [2.75, 3.05) is 19.6 Å². The average molecular weight is 290 g/mol. The second kappa shape index (κ2) is 9.97. The minimum absolute atomic E-state index is 0.448. The van der Waals surface area contributed by atoms with Crippen LogP contribution in [0.25, 0.3) is 0 Å². The summed E-state index contributed by atoms with van der Waals surface area (Å²) in [6, 6.07) is 12.0. The van der Waals surface area contributed by atoms with Crippen LogP contribution in [0.1, 0.15) is 59.1 Å². The first-order valence-corrected chi connectivity index (χ1v) is 8.62. The molecule has 1 rings (SSSR count). The van der Waals surface area contributed by atoms with Crippen LogP contribution in [-0.2, 0) is 0 Å². The first kappa shape index (κ1) is 18.2. The van der Waals surface area contributed by atoms with Gasteiger partial charge in [0, 0.05) is 18.6 Å². The molecule has 1 aromatic rings. The Morgan fingerprint density at radius 3 is 2.19 bits per heavy atom. The molecule has 0 aliphatic carbocycles. The second-order valence-corrected chi connectivity index (χ2v) is 6.41. The molecule has 2 atom stereocenters. The van der Waals surface area contributed by atoms with E-state index in [1.165, 1.54) is 24.9 Å². The maximum atomic E-state index is 3.75. The number of rotatable bonds is 10. The van der Waals surface area contributed by atoms with Crippen molar-refractivity contribution in [3.63, 3.8) is 0 Å². The molecule has 0 aliphatic rings. The zero-order valence-corrected chi connectivity index (χ0v) is 14.6. The van der Waals surface area contributed by atoms with Crippen LogP contribution in [-0.4, -0.2) is 30.6 Å². The molecular weight excluding hydrogens is 256 g/mol. The van der Waals surface area contributed by atoms with Crippen molar-refractivity contribution in [2.45, 2.75) is 59.5 Å². The molecule has 0 fully saturated rings. The molecule has 0 aliphatic heterocycles.